The monoisotopic (exact) mass is 260 g/mol. The SMILES string of the molecule is Cc1nnnn1-c1cccc(NC(=O)C(C)CN)c1. The molecule has 0 fully saturated rings. The number of hydrogen-bond donors (Lipinski definition) is 2. The summed E-state index contributed by atoms with van der Waals surface area (Å²) in [5.74, 6) is 0.352. The van der Waals surface area contributed by atoms with Gasteiger partial charge in [-0.05, 0) is 35.5 Å². The van der Waals surface area contributed by atoms with Crippen LogP contribution in [0.2, 0.25) is 0 Å². The molecule has 1 aromatic heterocycles. The molecule has 7 heteroatoms. The van der Waals surface area contributed by atoms with Crippen LogP contribution in [0.1, 0.15) is 12.7 Å². The first-order chi connectivity index (χ1) is 9.11. The van der Waals surface area contributed by atoms with Gasteiger partial charge in [-0.3, -0.25) is 4.79 Å². The lowest BCUT2D eigenvalue weighted by molar-refractivity contribution is -0.119. The van der Waals surface area contributed by atoms with Crippen molar-refractivity contribution in [2.45, 2.75) is 13.8 Å². The minimum absolute atomic E-state index is 0.104. The Balaban J connectivity index is 2.21. The molecular weight excluding hydrogens is 244 g/mol. The number of benzene rings is 1. The minimum Gasteiger partial charge on any atom is -0.330 e. The number of amides is 1. The lowest BCUT2D eigenvalue weighted by atomic mass is 10.1. The van der Waals surface area contributed by atoms with E-state index in [1.807, 2.05) is 31.2 Å². The Labute approximate surface area is 110 Å². The largest absolute Gasteiger partial charge is 0.330 e. The topological polar surface area (TPSA) is 98.7 Å². The molecule has 1 aromatic carbocycles. The minimum atomic E-state index is -0.224. The van der Waals surface area contributed by atoms with Gasteiger partial charge in [-0.1, -0.05) is 13.0 Å². The van der Waals surface area contributed by atoms with Gasteiger partial charge in [0.25, 0.3) is 0 Å². The molecule has 2 aromatic rings. The van der Waals surface area contributed by atoms with E-state index in [2.05, 4.69) is 20.8 Å². The molecule has 0 spiro atoms. The molecule has 0 radical (unpaired) electrons. The molecule has 0 aliphatic heterocycles. The number of carbonyl (C=O) groups excluding carboxylic acids is 1. The van der Waals surface area contributed by atoms with Gasteiger partial charge in [-0.15, -0.1) is 5.10 Å². The molecule has 0 saturated carbocycles. The molecule has 0 saturated heterocycles. The van der Waals surface area contributed by atoms with Gasteiger partial charge in [0.1, 0.15) is 0 Å². The number of anilines is 1. The first kappa shape index (κ1) is 13.2. The molecule has 2 rings (SSSR count). The molecule has 19 heavy (non-hydrogen) atoms. The summed E-state index contributed by atoms with van der Waals surface area (Å²) < 4.78 is 1.60. The van der Waals surface area contributed by atoms with Crippen LogP contribution >= 0.6 is 0 Å². The third kappa shape index (κ3) is 2.94. The number of nitrogens with one attached hydrogen (secondary N) is 1. The van der Waals surface area contributed by atoms with Crippen LogP contribution in [-0.4, -0.2) is 32.7 Å². The van der Waals surface area contributed by atoms with Crippen molar-refractivity contribution < 1.29 is 4.79 Å². The van der Waals surface area contributed by atoms with Crippen LogP contribution in [0.4, 0.5) is 5.69 Å². The van der Waals surface area contributed by atoms with Crippen LogP contribution in [0.15, 0.2) is 24.3 Å². The molecule has 0 bridgehead atoms. The Morgan fingerprint density at radius 2 is 2.32 bits per heavy atom. The van der Waals surface area contributed by atoms with Crippen molar-refractivity contribution in [1.82, 2.24) is 20.2 Å². The van der Waals surface area contributed by atoms with Crippen LogP contribution in [0, 0.1) is 12.8 Å². The Morgan fingerprint density at radius 3 is 2.95 bits per heavy atom. The zero-order valence-electron chi connectivity index (χ0n) is 10.9. The average molecular weight is 260 g/mol. The quantitative estimate of drug-likeness (QED) is 0.834. The maximum atomic E-state index is 11.8. The van der Waals surface area contributed by atoms with E-state index in [4.69, 9.17) is 5.73 Å². The zero-order chi connectivity index (χ0) is 13.8. The second kappa shape index (κ2) is 5.57. The lowest BCUT2D eigenvalue weighted by Gasteiger charge is -2.11. The Morgan fingerprint density at radius 1 is 1.53 bits per heavy atom. The van der Waals surface area contributed by atoms with Crippen LogP contribution in [0.3, 0.4) is 0 Å². The first-order valence-corrected chi connectivity index (χ1v) is 5.98. The summed E-state index contributed by atoms with van der Waals surface area (Å²) in [6.45, 7) is 3.91. The number of aromatic nitrogens is 4. The molecule has 1 unspecified atom stereocenters. The highest BCUT2D eigenvalue weighted by atomic mass is 16.1. The van der Waals surface area contributed by atoms with Crippen LogP contribution in [0.25, 0.3) is 5.69 Å². The van der Waals surface area contributed by atoms with Crippen molar-refractivity contribution >= 4 is 11.6 Å². The summed E-state index contributed by atoms with van der Waals surface area (Å²) in [6.07, 6.45) is 0. The van der Waals surface area contributed by atoms with E-state index in [1.165, 1.54) is 0 Å². The third-order valence-corrected chi connectivity index (χ3v) is 2.78. The van der Waals surface area contributed by atoms with Crippen molar-refractivity contribution in [2.24, 2.45) is 11.7 Å². The number of carbonyl (C=O) groups is 1. The summed E-state index contributed by atoms with van der Waals surface area (Å²) in [7, 11) is 0. The van der Waals surface area contributed by atoms with Crippen molar-refractivity contribution in [1.29, 1.82) is 0 Å². The van der Waals surface area contributed by atoms with Gasteiger partial charge in [0, 0.05) is 18.2 Å². The molecule has 1 amide bonds. The smallest absolute Gasteiger partial charge is 0.228 e. The standard InChI is InChI=1S/C12H16N6O/c1-8(7-13)12(19)14-10-4-3-5-11(6-10)18-9(2)15-16-17-18/h3-6,8H,7,13H2,1-2H3,(H,14,19). The highest BCUT2D eigenvalue weighted by Gasteiger charge is 2.11. The molecule has 1 heterocycles. The van der Waals surface area contributed by atoms with E-state index in [9.17, 15) is 4.79 Å². The van der Waals surface area contributed by atoms with Gasteiger partial charge in [0.2, 0.25) is 5.91 Å². The highest BCUT2D eigenvalue weighted by Crippen LogP contribution is 2.15. The Bertz CT molecular complexity index is 579. The summed E-state index contributed by atoms with van der Waals surface area (Å²) in [5, 5.41) is 14.1. The Kier molecular flexibility index (Phi) is 3.86. The molecule has 1 atom stereocenters. The number of tetrazole rings is 1. The third-order valence-electron chi connectivity index (χ3n) is 2.78. The Hall–Kier alpha value is -2.28. The lowest BCUT2D eigenvalue weighted by Crippen LogP contribution is -2.26. The second-order valence-corrected chi connectivity index (χ2v) is 4.31. The molecule has 3 N–H and O–H groups in total. The maximum Gasteiger partial charge on any atom is 0.228 e. The van der Waals surface area contributed by atoms with Gasteiger partial charge < -0.3 is 11.1 Å². The summed E-state index contributed by atoms with van der Waals surface area (Å²) in [4.78, 5) is 11.8. The van der Waals surface area contributed by atoms with Gasteiger partial charge in [0.05, 0.1) is 5.69 Å². The van der Waals surface area contributed by atoms with Gasteiger partial charge in [-0.25, -0.2) is 0 Å². The first-order valence-electron chi connectivity index (χ1n) is 5.98. The molecule has 0 aliphatic rings. The molecule has 100 valence electrons. The van der Waals surface area contributed by atoms with Crippen LogP contribution in [-0.2, 0) is 4.79 Å². The second-order valence-electron chi connectivity index (χ2n) is 4.31. The number of rotatable bonds is 4. The van der Waals surface area contributed by atoms with Crippen LogP contribution in [0.5, 0.6) is 0 Å². The molecular formula is C12H16N6O. The number of nitrogens with zero attached hydrogens (tertiary/aromatic N) is 4. The van der Waals surface area contributed by atoms with E-state index >= 15 is 0 Å². The predicted molar refractivity (Wildman–Crippen MR) is 70.7 cm³/mol. The summed E-state index contributed by atoms with van der Waals surface area (Å²) >= 11 is 0. The van der Waals surface area contributed by atoms with Gasteiger partial charge in [0.15, 0.2) is 5.82 Å². The van der Waals surface area contributed by atoms with E-state index < -0.39 is 0 Å². The van der Waals surface area contributed by atoms with E-state index in [-0.39, 0.29) is 11.8 Å². The molecule has 0 aliphatic carbocycles. The number of hydrogen-bond acceptors (Lipinski definition) is 5. The predicted octanol–water partition coefficient (Wildman–Crippen LogP) is 0.504. The van der Waals surface area contributed by atoms with Crippen molar-refractivity contribution in [2.75, 3.05) is 11.9 Å². The van der Waals surface area contributed by atoms with E-state index in [0.717, 1.165) is 5.69 Å². The van der Waals surface area contributed by atoms with E-state index in [1.54, 1.807) is 11.6 Å². The number of aryl methyl sites for hydroxylation is 1. The molecule has 7 nitrogen and oxygen atoms in total. The summed E-state index contributed by atoms with van der Waals surface area (Å²) in [5.41, 5.74) is 6.95. The zero-order valence-corrected chi connectivity index (χ0v) is 10.9. The fourth-order valence-corrected chi connectivity index (χ4v) is 1.56. The van der Waals surface area contributed by atoms with Crippen molar-refractivity contribution in [3.8, 4) is 5.69 Å². The van der Waals surface area contributed by atoms with Crippen molar-refractivity contribution in [3.05, 3.63) is 30.1 Å². The fourth-order valence-electron chi connectivity index (χ4n) is 1.56. The highest BCUT2D eigenvalue weighted by molar-refractivity contribution is 5.92. The average Bonchev–Trinajstić information content (AvgIpc) is 2.84. The fraction of sp³-hybridized carbons (Fsp3) is 0.333. The van der Waals surface area contributed by atoms with Gasteiger partial charge >= 0.3 is 0 Å². The van der Waals surface area contributed by atoms with Crippen molar-refractivity contribution in [3.63, 3.8) is 0 Å². The summed E-state index contributed by atoms with van der Waals surface area (Å²) in [6, 6.07) is 7.32. The van der Waals surface area contributed by atoms with Crippen LogP contribution < -0.4 is 11.1 Å². The maximum absolute atomic E-state index is 11.8. The number of nitrogens with two attached hydrogens (primary N) is 1. The van der Waals surface area contributed by atoms with E-state index in [0.29, 0.717) is 18.1 Å². The normalized spacial score (nSPS) is 12.2. The van der Waals surface area contributed by atoms with Gasteiger partial charge in [-0.2, -0.15) is 4.68 Å².